The Morgan fingerprint density at radius 2 is 1.26 bits per heavy atom. The summed E-state index contributed by atoms with van der Waals surface area (Å²) in [4.78, 5) is 0. The molecule has 0 fully saturated rings. The highest BCUT2D eigenvalue weighted by Crippen LogP contribution is 2.65. The third-order valence-electron chi connectivity index (χ3n) is 2.48. The molecule has 10 heteroatoms. The number of alkyl halides is 1. The zero-order chi connectivity index (χ0) is 16.7. The van der Waals surface area contributed by atoms with E-state index >= 15 is 0 Å². The second kappa shape index (κ2) is 12.0. The van der Waals surface area contributed by atoms with E-state index in [4.69, 9.17) is 4.74 Å². The smallest absolute Gasteiger partial charge is 0.0717 e. The minimum Gasteiger partial charge on any atom is -0.380 e. The zero-order valence-electron chi connectivity index (χ0n) is 12.9. The second-order valence-corrected chi connectivity index (χ2v) is 13.9. The first kappa shape index (κ1) is 21.8. The zero-order valence-corrected chi connectivity index (χ0v) is 21.0. The van der Waals surface area contributed by atoms with Crippen molar-refractivity contribution in [1.82, 2.24) is 0 Å². The summed E-state index contributed by atoms with van der Waals surface area (Å²) in [6.07, 6.45) is 6.51. The number of hydrogen-bond donors (Lipinski definition) is 0. The van der Waals surface area contributed by atoms with Crippen LogP contribution in [-0.4, -0.2) is 43.1 Å². The van der Waals surface area contributed by atoms with Crippen LogP contribution >= 0.6 is 110 Å². The summed E-state index contributed by atoms with van der Waals surface area (Å²) < 4.78 is 14.2. The van der Waals surface area contributed by atoms with Gasteiger partial charge in [0.2, 0.25) is 0 Å². The van der Waals surface area contributed by atoms with Gasteiger partial charge in [-0.3, -0.25) is 0 Å². The molecular weight excluding hydrogens is 509 g/mol. The van der Waals surface area contributed by atoms with Gasteiger partial charge >= 0.3 is 0 Å². The Hall–Kier alpha value is 2.46. The van der Waals surface area contributed by atoms with E-state index in [2.05, 4.69) is 34.7 Å². The fourth-order valence-electron chi connectivity index (χ4n) is 1.53. The molecule has 0 N–H and O–H groups in total. The fourth-order valence-corrected chi connectivity index (χ4v) is 12.4. The molecule has 0 aromatic rings. The molecule has 0 amide bonds. The average Bonchev–Trinajstić information content (AvgIpc) is 3.17. The molecule has 2 aliphatic rings. The van der Waals surface area contributed by atoms with Gasteiger partial charge in [0.15, 0.2) is 0 Å². The molecule has 0 unspecified atom stereocenters. The highest BCUT2D eigenvalue weighted by molar-refractivity contribution is 9.09. The highest BCUT2D eigenvalue weighted by Gasteiger charge is 2.29. The summed E-state index contributed by atoms with van der Waals surface area (Å²) in [7, 11) is 0. The summed E-state index contributed by atoms with van der Waals surface area (Å²) in [5.74, 6) is 1.02. The number of hydrogen-bond acceptors (Lipinski definition) is 9. The Balaban J connectivity index is 1.93. The first-order chi connectivity index (χ1) is 11.2. The van der Waals surface area contributed by atoms with Gasteiger partial charge < -0.3 is 4.74 Å². The monoisotopic (exact) mass is 524 g/mol. The van der Waals surface area contributed by atoms with Crippen LogP contribution in [0.5, 0.6) is 0 Å². The maximum atomic E-state index is 5.55. The van der Waals surface area contributed by atoms with Gasteiger partial charge in [-0.25, -0.2) is 0 Å². The van der Waals surface area contributed by atoms with Gasteiger partial charge in [-0.05, 0) is 18.8 Å². The van der Waals surface area contributed by atoms with Crippen LogP contribution in [0.25, 0.3) is 0 Å². The minimum absolute atomic E-state index is 0.792. The van der Waals surface area contributed by atoms with E-state index in [-0.39, 0.29) is 0 Å². The van der Waals surface area contributed by atoms with E-state index in [1.54, 1.807) is 0 Å². The van der Waals surface area contributed by atoms with Crippen molar-refractivity contribution < 1.29 is 4.74 Å². The molecule has 0 bridgehead atoms. The molecule has 0 aliphatic carbocycles. The standard InChI is InChI=1S/C13H17BrOS8/c1-16-8-9(17-2)21-12(20-8)13-22-10(18-3)11(23-13)19-7-6-15-5-4-14/h4-7H2,1-3H3. The predicted molar refractivity (Wildman–Crippen MR) is 129 cm³/mol. The molecule has 2 aliphatic heterocycles. The van der Waals surface area contributed by atoms with Crippen LogP contribution in [0.3, 0.4) is 0 Å². The van der Waals surface area contributed by atoms with Crippen LogP contribution in [0.15, 0.2) is 25.4 Å². The Bertz CT molecular complexity index is 498. The summed E-state index contributed by atoms with van der Waals surface area (Å²) in [6, 6.07) is 0. The maximum Gasteiger partial charge on any atom is 0.0717 e. The van der Waals surface area contributed by atoms with E-state index in [0.717, 1.165) is 24.3 Å². The SMILES string of the molecule is CSC1=C(SC)SC(=C2SC(SC)=C(SCCOCCBr)S2)S1. The minimum atomic E-state index is 0.792. The molecule has 0 radical (unpaired) electrons. The highest BCUT2D eigenvalue weighted by atomic mass is 79.9. The van der Waals surface area contributed by atoms with Gasteiger partial charge in [-0.2, -0.15) is 0 Å². The third-order valence-corrected chi connectivity index (χ3v) is 13.9. The third kappa shape index (κ3) is 6.53. The summed E-state index contributed by atoms with van der Waals surface area (Å²) in [6.45, 7) is 1.61. The number of halogens is 1. The summed E-state index contributed by atoms with van der Waals surface area (Å²) in [5, 5.41) is 0.911. The van der Waals surface area contributed by atoms with Crippen LogP contribution in [0, 0.1) is 0 Å². The molecular formula is C13H17BrOS8. The van der Waals surface area contributed by atoms with Crippen molar-refractivity contribution in [2.45, 2.75) is 0 Å². The van der Waals surface area contributed by atoms with Crippen LogP contribution in [0.4, 0.5) is 0 Å². The molecule has 0 spiro atoms. The van der Waals surface area contributed by atoms with Gasteiger partial charge in [0.25, 0.3) is 0 Å². The molecule has 0 aromatic carbocycles. The first-order valence-electron chi connectivity index (χ1n) is 6.56. The van der Waals surface area contributed by atoms with E-state index in [1.165, 1.54) is 25.4 Å². The average molecular weight is 526 g/mol. The number of thioether (sulfide) groups is 8. The quantitative estimate of drug-likeness (QED) is 0.221. The molecule has 0 atom stereocenters. The van der Waals surface area contributed by atoms with Gasteiger partial charge in [0.05, 0.1) is 38.6 Å². The lowest BCUT2D eigenvalue weighted by molar-refractivity contribution is 0.168. The Kier molecular flexibility index (Phi) is 11.4. The van der Waals surface area contributed by atoms with Crippen molar-refractivity contribution in [2.75, 3.05) is 43.1 Å². The number of rotatable bonds is 9. The molecule has 1 nitrogen and oxygen atoms in total. The maximum absolute atomic E-state index is 5.55. The predicted octanol–water partition coefficient (Wildman–Crippen LogP) is 7.56. The number of ether oxygens (including phenoxy) is 1. The first-order valence-corrected chi connectivity index (χ1v) is 15.6. The van der Waals surface area contributed by atoms with Crippen molar-refractivity contribution in [3.8, 4) is 0 Å². The van der Waals surface area contributed by atoms with Gasteiger partial charge in [0.1, 0.15) is 0 Å². The molecule has 0 aromatic heterocycles. The van der Waals surface area contributed by atoms with Crippen LogP contribution < -0.4 is 0 Å². The van der Waals surface area contributed by atoms with Gasteiger partial charge in [-0.1, -0.05) is 63.0 Å². The lowest BCUT2D eigenvalue weighted by Crippen LogP contribution is -1.99. The van der Waals surface area contributed by atoms with E-state index in [9.17, 15) is 0 Å². The lowest BCUT2D eigenvalue weighted by atomic mass is 10.8. The van der Waals surface area contributed by atoms with Gasteiger partial charge in [0, 0.05) is 11.1 Å². The van der Waals surface area contributed by atoms with Crippen molar-refractivity contribution in [3.05, 3.63) is 25.4 Å². The molecule has 2 heterocycles. The molecule has 2 rings (SSSR count). The van der Waals surface area contributed by atoms with Crippen LogP contribution in [0.2, 0.25) is 0 Å². The van der Waals surface area contributed by atoms with Crippen molar-refractivity contribution in [1.29, 1.82) is 0 Å². The van der Waals surface area contributed by atoms with Crippen LogP contribution in [0.1, 0.15) is 0 Å². The van der Waals surface area contributed by atoms with Crippen molar-refractivity contribution in [3.63, 3.8) is 0 Å². The molecule has 0 saturated carbocycles. The van der Waals surface area contributed by atoms with Gasteiger partial charge in [-0.15, -0.1) is 47.0 Å². The molecule has 23 heavy (non-hydrogen) atoms. The van der Waals surface area contributed by atoms with Crippen molar-refractivity contribution in [2.24, 2.45) is 0 Å². The summed E-state index contributed by atoms with van der Waals surface area (Å²) in [5.41, 5.74) is 0. The lowest BCUT2D eigenvalue weighted by Gasteiger charge is -2.04. The van der Waals surface area contributed by atoms with E-state index in [0.29, 0.717) is 0 Å². The summed E-state index contributed by atoms with van der Waals surface area (Å²) >= 11 is 18.6. The Morgan fingerprint density at radius 1 is 0.783 bits per heavy atom. The van der Waals surface area contributed by atoms with E-state index in [1.807, 2.05) is 94.1 Å². The Morgan fingerprint density at radius 3 is 1.74 bits per heavy atom. The second-order valence-electron chi connectivity index (χ2n) is 3.90. The topological polar surface area (TPSA) is 9.23 Å². The normalized spacial score (nSPS) is 18.8. The van der Waals surface area contributed by atoms with Crippen LogP contribution in [-0.2, 0) is 4.74 Å². The van der Waals surface area contributed by atoms with Crippen molar-refractivity contribution >= 4 is 110 Å². The largest absolute Gasteiger partial charge is 0.380 e. The molecule has 0 saturated heterocycles. The Labute approximate surface area is 181 Å². The van der Waals surface area contributed by atoms with E-state index < -0.39 is 0 Å². The molecule has 130 valence electrons. The fraction of sp³-hybridized carbons (Fsp3) is 0.538.